The van der Waals surface area contributed by atoms with Crippen molar-refractivity contribution >= 4 is 50.7 Å². The van der Waals surface area contributed by atoms with Crippen LogP contribution in [0.25, 0.3) is 0 Å². The molecule has 0 aliphatic carbocycles. The second kappa shape index (κ2) is 9.19. The summed E-state index contributed by atoms with van der Waals surface area (Å²) in [4.78, 5) is 15.3. The molecule has 1 aliphatic heterocycles. The number of aryl methyl sites for hydroxylation is 2. The molecule has 1 N–H and O–H groups in total. The number of benzene rings is 1. The highest BCUT2D eigenvalue weighted by Crippen LogP contribution is 2.29. The lowest BCUT2D eigenvalue weighted by molar-refractivity contribution is 0.383. The minimum absolute atomic E-state index is 0.0233. The maximum absolute atomic E-state index is 13.1. The van der Waals surface area contributed by atoms with Crippen LogP contribution in [0.1, 0.15) is 11.4 Å². The number of hydrogen-bond acceptors (Lipinski definition) is 7. The van der Waals surface area contributed by atoms with Crippen molar-refractivity contribution in [2.45, 2.75) is 18.7 Å². The summed E-state index contributed by atoms with van der Waals surface area (Å²) >= 11 is 12.1. The monoisotopic (exact) mass is 492 g/mol. The first kappa shape index (κ1) is 22.7. The first-order chi connectivity index (χ1) is 15.2. The molecule has 4 rings (SSSR count). The van der Waals surface area contributed by atoms with Crippen LogP contribution >= 0.6 is 23.2 Å². The second-order valence-electron chi connectivity index (χ2n) is 7.47. The summed E-state index contributed by atoms with van der Waals surface area (Å²) < 4.78 is 27.5. The number of nitrogens with one attached hydrogen (secondary N) is 1. The summed E-state index contributed by atoms with van der Waals surface area (Å²) in [5.41, 5.74) is 1.09. The number of rotatable bonds is 5. The van der Waals surface area contributed by atoms with E-state index in [0.717, 1.165) is 11.4 Å². The average molecular weight is 493 g/mol. The molecule has 11 heteroatoms. The molecule has 1 fully saturated rings. The Balaban J connectivity index is 1.49. The van der Waals surface area contributed by atoms with E-state index in [1.807, 2.05) is 36.9 Å². The van der Waals surface area contributed by atoms with E-state index >= 15 is 0 Å². The van der Waals surface area contributed by atoms with Crippen LogP contribution in [0.4, 0.5) is 17.5 Å². The average Bonchev–Trinajstić information content (AvgIpc) is 2.75. The lowest BCUT2D eigenvalue weighted by atomic mass is 10.3. The number of halogens is 2. The Morgan fingerprint density at radius 3 is 2.41 bits per heavy atom. The highest BCUT2D eigenvalue weighted by Gasteiger charge is 2.31. The van der Waals surface area contributed by atoms with Crippen molar-refractivity contribution in [3.05, 3.63) is 64.0 Å². The van der Waals surface area contributed by atoms with Gasteiger partial charge >= 0.3 is 0 Å². The zero-order valence-electron chi connectivity index (χ0n) is 17.6. The highest BCUT2D eigenvalue weighted by molar-refractivity contribution is 7.89. The predicted molar refractivity (Wildman–Crippen MR) is 126 cm³/mol. The van der Waals surface area contributed by atoms with Gasteiger partial charge in [-0.05, 0) is 49.7 Å². The minimum atomic E-state index is -3.75. The summed E-state index contributed by atoms with van der Waals surface area (Å²) in [6.07, 6.45) is 1.73. The number of anilines is 3. The molecular formula is C21H22Cl2N6O2S. The van der Waals surface area contributed by atoms with E-state index in [1.54, 1.807) is 12.3 Å². The van der Waals surface area contributed by atoms with Gasteiger partial charge in [0.2, 0.25) is 10.0 Å². The van der Waals surface area contributed by atoms with Crippen molar-refractivity contribution in [3.63, 3.8) is 0 Å². The van der Waals surface area contributed by atoms with E-state index in [4.69, 9.17) is 23.2 Å². The molecule has 0 amide bonds. The molecule has 0 saturated carbocycles. The molecular weight excluding hydrogens is 471 g/mol. The van der Waals surface area contributed by atoms with Crippen LogP contribution in [0.3, 0.4) is 0 Å². The van der Waals surface area contributed by atoms with Crippen molar-refractivity contribution in [3.8, 4) is 0 Å². The molecule has 3 aromatic rings. The first-order valence-corrected chi connectivity index (χ1v) is 12.2. The largest absolute Gasteiger partial charge is 0.354 e. The number of pyridine rings is 1. The number of sulfonamides is 1. The van der Waals surface area contributed by atoms with Gasteiger partial charge in [0, 0.05) is 43.5 Å². The Labute approximate surface area is 197 Å². The Kier molecular flexibility index (Phi) is 6.52. The van der Waals surface area contributed by atoms with Gasteiger partial charge in [-0.2, -0.15) is 4.31 Å². The van der Waals surface area contributed by atoms with Gasteiger partial charge in [-0.15, -0.1) is 0 Å². The smallest absolute Gasteiger partial charge is 0.244 e. The van der Waals surface area contributed by atoms with Gasteiger partial charge in [0.1, 0.15) is 28.2 Å². The van der Waals surface area contributed by atoms with Crippen LogP contribution in [-0.4, -0.2) is 53.9 Å². The fraction of sp³-hybridized carbons (Fsp3) is 0.286. The third kappa shape index (κ3) is 4.96. The zero-order chi connectivity index (χ0) is 22.9. The molecule has 0 bridgehead atoms. The maximum Gasteiger partial charge on any atom is 0.244 e. The lowest BCUT2D eigenvalue weighted by Gasteiger charge is -2.35. The van der Waals surface area contributed by atoms with Gasteiger partial charge < -0.3 is 10.2 Å². The Hall–Kier alpha value is -2.46. The minimum Gasteiger partial charge on any atom is -0.354 e. The molecule has 1 aliphatic rings. The van der Waals surface area contributed by atoms with E-state index < -0.39 is 10.0 Å². The van der Waals surface area contributed by atoms with Crippen LogP contribution in [0.15, 0.2) is 47.5 Å². The molecule has 32 heavy (non-hydrogen) atoms. The number of nitrogens with zero attached hydrogens (tertiary/aromatic N) is 5. The molecule has 1 saturated heterocycles. The maximum atomic E-state index is 13.1. The van der Waals surface area contributed by atoms with E-state index in [-0.39, 0.29) is 9.92 Å². The SMILES string of the molecule is Cc1ccnc(Nc2cc(N3CCN(S(=O)(=O)c4cc(Cl)ccc4Cl)CC3)nc(C)n2)c1. The number of piperazine rings is 1. The van der Waals surface area contributed by atoms with Crippen LogP contribution < -0.4 is 10.2 Å². The van der Waals surface area contributed by atoms with Crippen LogP contribution in [0.5, 0.6) is 0 Å². The van der Waals surface area contributed by atoms with Gasteiger partial charge in [0.25, 0.3) is 0 Å². The molecule has 8 nitrogen and oxygen atoms in total. The second-order valence-corrected chi connectivity index (χ2v) is 10.2. The lowest BCUT2D eigenvalue weighted by Crippen LogP contribution is -2.49. The van der Waals surface area contributed by atoms with E-state index in [9.17, 15) is 8.42 Å². The van der Waals surface area contributed by atoms with Crippen molar-refractivity contribution in [1.82, 2.24) is 19.3 Å². The summed E-state index contributed by atoms with van der Waals surface area (Å²) in [5, 5.41) is 3.69. The topological polar surface area (TPSA) is 91.3 Å². The van der Waals surface area contributed by atoms with Gasteiger partial charge in [-0.1, -0.05) is 23.2 Å². The molecule has 3 heterocycles. The standard InChI is InChI=1S/C21H22Cl2N6O2S/c1-14-5-6-24-19(11-14)27-20-13-21(26-15(2)25-20)28-7-9-29(10-8-28)32(30,31)18-12-16(22)3-4-17(18)23/h3-6,11-13H,7-10H2,1-2H3,(H,24,25,26,27). The summed E-state index contributed by atoms with van der Waals surface area (Å²) in [5.74, 6) is 2.67. The molecule has 1 aromatic carbocycles. The molecule has 168 valence electrons. The Morgan fingerprint density at radius 2 is 1.69 bits per heavy atom. The Morgan fingerprint density at radius 1 is 0.938 bits per heavy atom. The van der Waals surface area contributed by atoms with Crippen LogP contribution in [-0.2, 0) is 10.0 Å². The highest BCUT2D eigenvalue weighted by atomic mass is 35.5. The van der Waals surface area contributed by atoms with Gasteiger partial charge in [0.05, 0.1) is 5.02 Å². The molecule has 2 aromatic heterocycles. The van der Waals surface area contributed by atoms with Gasteiger partial charge in [0.15, 0.2) is 0 Å². The fourth-order valence-electron chi connectivity index (χ4n) is 3.49. The zero-order valence-corrected chi connectivity index (χ0v) is 19.9. The van der Waals surface area contributed by atoms with Crippen molar-refractivity contribution in [2.24, 2.45) is 0 Å². The van der Waals surface area contributed by atoms with Crippen LogP contribution in [0, 0.1) is 13.8 Å². The van der Waals surface area contributed by atoms with Gasteiger partial charge in [-0.3, -0.25) is 0 Å². The normalized spacial score (nSPS) is 15.1. The molecule has 0 atom stereocenters. The van der Waals surface area contributed by atoms with Gasteiger partial charge in [-0.25, -0.2) is 23.4 Å². The predicted octanol–water partition coefficient (Wildman–Crippen LogP) is 4.05. The van der Waals surface area contributed by atoms with Crippen molar-refractivity contribution in [2.75, 3.05) is 36.4 Å². The Bertz CT molecular complexity index is 1250. The van der Waals surface area contributed by atoms with Crippen LogP contribution in [0.2, 0.25) is 10.0 Å². The third-order valence-electron chi connectivity index (χ3n) is 5.07. The summed E-state index contributed by atoms with van der Waals surface area (Å²) in [6, 6.07) is 10.1. The first-order valence-electron chi connectivity index (χ1n) is 9.98. The number of aromatic nitrogens is 3. The fourth-order valence-corrected chi connectivity index (χ4v) is 5.64. The third-order valence-corrected chi connectivity index (χ3v) is 7.69. The van der Waals surface area contributed by atoms with E-state index in [1.165, 1.54) is 16.4 Å². The molecule has 0 spiro atoms. The quantitative estimate of drug-likeness (QED) is 0.574. The molecule has 0 radical (unpaired) electrons. The summed E-state index contributed by atoms with van der Waals surface area (Å²) in [6.45, 7) is 5.38. The van der Waals surface area contributed by atoms with Crippen molar-refractivity contribution < 1.29 is 8.42 Å². The van der Waals surface area contributed by atoms with E-state index in [2.05, 4.69) is 20.3 Å². The van der Waals surface area contributed by atoms with Crippen molar-refractivity contribution in [1.29, 1.82) is 0 Å². The molecule has 0 unspecified atom stereocenters. The summed E-state index contributed by atoms with van der Waals surface area (Å²) in [7, 11) is -3.75. The van der Waals surface area contributed by atoms with E-state index in [0.29, 0.717) is 48.7 Å². The number of hydrogen-bond donors (Lipinski definition) is 1.